The van der Waals surface area contributed by atoms with Crippen LogP contribution in [0.1, 0.15) is 52.9 Å². The Morgan fingerprint density at radius 1 is 1.52 bits per heavy atom. The number of likely N-dealkylation sites (tertiary alicyclic amines) is 1. The summed E-state index contributed by atoms with van der Waals surface area (Å²) in [5.41, 5.74) is 0.660. The molecule has 5 nitrogen and oxygen atoms in total. The van der Waals surface area contributed by atoms with Gasteiger partial charge in [-0.3, -0.25) is 4.79 Å². The SMILES string of the molecule is CCc1nc(C)c(C(=O)N2CCC([C@@H](O)c3cccs3)CC2)o1. The minimum absolute atomic E-state index is 0.0845. The lowest BCUT2D eigenvalue weighted by Gasteiger charge is -2.33. The molecule has 0 aliphatic carbocycles. The van der Waals surface area contributed by atoms with E-state index >= 15 is 0 Å². The Morgan fingerprint density at radius 3 is 2.83 bits per heavy atom. The van der Waals surface area contributed by atoms with Crippen molar-refractivity contribution in [2.24, 2.45) is 5.92 Å². The van der Waals surface area contributed by atoms with Crippen molar-refractivity contribution in [1.29, 1.82) is 0 Å². The van der Waals surface area contributed by atoms with Gasteiger partial charge in [0.25, 0.3) is 5.91 Å². The first kappa shape index (κ1) is 16.2. The highest BCUT2D eigenvalue weighted by atomic mass is 32.1. The predicted octanol–water partition coefficient (Wildman–Crippen LogP) is 3.19. The maximum absolute atomic E-state index is 12.6. The molecule has 2 aromatic rings. The molecule has 3 rings (SSSR count). The van der Waals surface area contributed by atoms with Gasteiger partial charge < -0.3 is 14.4 Å². The molecule has 0 unspecified atom stereocenters. The zero-order valence-corrected chi connectivity index (χ0v) is 14.3. The van der Waals surface area contributed by atoms with Gasteiger partial charge in [-0.05, 0) is 37.1 Å². The second kappa shape index (κ2) is 6.84. The lowest BCUT2D eigenvalue weighted by atomic mass is 9.90. The number of carbonyl (C=O) groups excluding carboxylic acids is 1. The van der Waals surface area contributed by atoms with Crippen molar-refractivity contribution in [2.45, 2.75) is 39.2 Å². The van der Waals surface area contributed by atoms with Gasteiger partial charge >= 0.3 is 0 Å². The van der Waals surface area contributed by atoms with Crippen LogP contribution < -0.4 is 0 Å². The number of hydrogen-bond acceptors (Lipinski definition) is 5. The first-order chi connectivity index (χ1) is 11.1. The second-order valence-corrected chi connectivity index (χ2v) is 6.94. The van der Waals surface area contributed by atoms with E-state index in [4.69, 9.17) is 4.42 Å². The third kappa shape index (κ3) is 3.33. The summed E-state index contributed by atoms with van der Waals surface area (Å²) >= 11 is 1.58. The Kier molecular flexibility index (Phi) is 4.82. The van der Waals surface area contributed by atoms with E-state index in [2.05, 4.69) is 4.98 Å². The van der Waals surface area contributed by atoms with E-state index in [0.717, 1.165) is 17.7 Å². The fourth-order valence-electron chi connectivity index (χ4n) is 3.06. The van der Waals surface area contributed by atoms with Crippen LogP contribution in [0.5, 0.6) is 0 Å². The third-order valence-electron chi connectivity index (χ3n) is 4.45. The number of piperidine rings is 1. The van der Waals surface area contributed by atoms with Crippen LogP contribution in [0.25, 0.3) is 0 Å². The molecular formula is C17H22N2O3S. The van der Waals surface area contributed by atoms with Gasteiger partial charge in [-0.1, -0.05) is 13.0 Å². The monoisotopic (exact) mass is 334 g/mol. The van der Waals surface area contributed by atoms with Crippen molar-refractivity contribution in [3.8, 4) is 0 Å². The van der Waals surface area contributed by atoms with Gasteiger partial charge in [-0.15, -0.1) is 11.3 Å². The predicted molar refractivity (Wildman–Crippen MR) is 88.5 cm³/mol. The molecule has 124 valence electrons. The maximum atomic E-state index is 12.6. The molecule has 1 saturated heterocycles. The number of carbonyl (C=O) groups is 1. The number of hydrogen-bond donors (Lipinski definition) is 1. The van der Waals surface area contributed by atoms with Gasteiger partial charge in [-0.25, -0.2) is 4.98 Å². The summed E-state index contributed by atoms with van der Waals surface area (Å²) in [5, 5.41) is 12.4. The fourth-order valence-corrected chi connectivity index (χ4v) is 3.86. The maximum Gasteiger partial charge on any atom is 0.291 e. The van der Waals surface area contributed by atoms with Crippen LogP contribution in [0.3, 0.4) is 0 Å². The molecular weight excluding hydrogens is 312 g/mol. The highest BCUT2D eigenvalue weighted by Gasteiger charge is 2.31. The summed E-state index contributed by atoms with van der Waals surface area (Å²) in [6.07, 6.45) is 1.87. The Bertz CT molecular complexity index is 657. The average Bonchev–Trinajstić information content (AvgIpc) is 3.23. The van der Waals surface area contributed by atoms with Crippen LogP contribution in [0.4, 0.5) is 0 Å². The molecule has 3 heterocycles. The summed E-state index contributed by atoms with van der Waals surface area (Å²) in [4.78, 5) is 19.7. The number of rotatable bonds is 4. The Labute approximate surface area is 140 Å². The number of aliphatic hydroxyl groups is 1. The lowest BCUT2D eigenvalue weighted by Crippen LogP contribution is -2.39. The molecule has 0 spiro atoms. The highest BCUT2D eigenvalue weighted by Crippen LogP contribution is 2.33. The molecule has 0 radical (unpaired) electrons. The number of aryl methyl sites for hydroxylation is 2. The normalized spacial score (nSPS) is 17.4. The van der Waals surface area contributed by atoms with E-state index < -0.39 is 6.10 Å². The standard InChI is InChI=1S/C17H22N2O3S/c1-3-14-18-11(2)16(22-14)17(21)19-8-6-12(7-9-19)15(20)13-5-4-10-23-13/h4-5,10,12,15,20H,3,6-9H2,1-2H3/t15-/m1/s1. The summed E-state index contributed by atoms with van der Waals surface area (Å²) < 4.78 is 5.56. The van der Waals surface area contributed by atoms with E-state index in [1.807, 2.05) is 36.3 Å². The quantitative estimate of drug-likeness (QED) is 0.932. The van der Waals surface area contributed by atoms with Gasteiger partial charge in [0, 0.05) is 24.4 Å². The second-order valence-electron chi connectivity index (χ2n) is 5.97. The van der Waals surface area contributed by atoms with Gasteiger partial charge in [0.15, 0.2) is 5.89 Å². The van der Waals surface area contributed by atoms with E-state index in [1.54, 1.807) is 11.3 Å². The van der Waals surface area contributed by atoms with Crippen LogP contribution in [0, 0.1) is 12.8 Å². The Balaban J connectivity index is 1.62. The molecule has 1 aliphatic rings. The number of oxazole rings is 1. The van der Waals surface area contributed by atoms with Crippen molar-refractivity contribution < 1.29 is 14.3 Å². The highest BCUT2D eigenvalue weighted by molar-refractivity contribution is 7.10. The van der Waals surface area contributed by atoms with Crippen LogP contribution >= 0.6 is 11.3 Å². The van der Waals surface area contributed by atoms with E-state index in [9.17, 15) is 9.90 Å². The summed E-state index contributed by atoms with van der Waals surface area (Å²) in [5.74, 6) is 1.09. The summed E-state index contributed by atoms with van der Waals surface area (Å²) in [7, 11) is 0. The minimum atomic E-state index is -0.425. The summed E-state index contributed by atoms with van der Waals surface area (Å²) in [6, 6.07) is 3.93. The number of thiophene rings is 1. The molecule has 0 bridgehead atoms. The van der Waals surface area contributed by atoms with Crippen LogP contribution in [-0.2, 0) is 6.42 Å². The number of nitrogens with zero attached hydrogens (tertiary/aromatic N) is 2. The lowest BCUT2D eigenvalue weighted by molar-refractivity contribution is 0.0452. The zero-order chi connectivity index (χ0) is 16.4. The molecule has 23 heavy (non-hydrogen) atoms. The molecule has 1 atom stereocenters. The molecule has 0 aromatic carbocycles. The average molecular weight is 334 g/mol. The van der Waals surface area contributed by atoms with Crippen molar-refractivity contribution in [1.82, 2.24) is 9.88 Å². The molecule has 1 fully saturated rings. The first-order valence-corrected chi connectivity index (χ1v) is 8.95. The van der Waals surface area contributed by atoms with Crippen molar-refractivity contribution in [3.63, 3.8) is 0 Å². The zero-order valence-electron chi connectivity index (χ0n) is 13.5. The largest absolute Gasteiger partial charge is 0.435 e. The summed E-state index contributed by atoms with van der Waals surface area (Å²) in [6.45, 7) is 5.06. The van der Waals surface area contributed by atoms with Crippen LogP contribution in [0.15, 0.2) is 21.9 Å². The number of amides is 1. The molecule has 1 amide bonds. The van der Waals surface area contributed by atoms with Gasteiger partial charge in [-0.2, -0.15) is 0 Å². The molecule has 1 aliphatic heterocycles. The first-order valence-electron chi connectivity index (χ1n) is 8.07. The topological polar surface area (TPSA) is 66.6 Å². The Morgan fingerprint density at radius 2 is 2.26 bits per heavy atom. The molecule has 1 N–H and O–H groups in total. The van der Waals surface area contributed by atoms with Crippen molar-refractivity contribution in [2.75, 3.05) is 13.1 Å². The van der Waals surface area contributed by atoms with Crippen LogP contribution in [-0.4, -0.2) is 34.0 Å². The van der Waals surface area contributed by atoms with Gasteiger partial charge in [0.1, 0.15) is 0 Å². The van der Waals surface area contributed by atoms with E-state index in [-0.39, 0.29) is 11.8 Å². The molecule has 2 aromatic heterocycles. The van der Waals surface area contributed by atoms with E-state index in [0.29, 0.717) is 36.9 Å². The smallest absolute Gasteiger partial charge is 0.291 e. The van der Waals surface area contributed by atoms with Crippen molar-refractivity contribution >= 4 is 17.2 Å². The fraction of sp³-hybridized carbons (Fsp3) is 0.529. The van der Waals surface area contributed by atoms with E-state index in [1.165, 1.54) is 0 Å². The number of aromatic nitrogens is 1. The third-order valence-corrected chi connectivity index (χ3v) is 5.39. The molecule has 0 saturated carbocycles. The van der Waals surface area contributed by atoms with Crippen LogP contribution in [0.2, 0.25) is 0 Å². The minimum Gasteiger partial charge on any atom is -0.435 e. The van der Waals surface area contributed by atoms with Crippen molar-refractivity contribution in [3.05, 3.63) is 39.7 Å². The van der Waals surface area contributed by atoms with Gasteiger partial charge in [0.05, 0.1) is 11.8 Å². The number of aliphatic hydroxyl groups excluding tert-OH is 1. The molecule has 6 heteroatoms. The van der Waals surface area contributed by atoms with Gasteiger partial charge in [0.2, 0.25) is 5.76 Å². The Hall–Kier alpha value is -1.66.